The maximum atomic E-state index is 12.9. The van der Waals surface area contributed by atoms with Crippen LogP contribution in [0, 0.1) is 5.82 Å². The lowest BCUT2D eigenvalue weighted by Gasteiger charge is -2.21. The number of hydrogen-bond donors (Lipinski definition) is 2. The van der Waals surface area contributed by atoms with Gasteiger partial charge in [-0.1, -0.05) is 28.1 Å². The predicted molar refractivity (Wildman–Crippen MR) is 119 cm³/mol. The Kier molecular flexibility index (Phi) is 9.32. The summed E-state index contributed by atoms with van der Waals surface area (Å²) in [5, 5.41) is 4.96. The van der Waals surface area contributed by atoms with Crippen LogP contribution in [0.2, 0.25) is 0 Å². The van der Waals surface area contributed by atoms with Crippen LogP contribution in [0.4, 0.5) is 10.1 Å². The summed E-state index contributed by atoms with van der Waals surface area (Å²) in [5.74, 6) is -1.39. The van der Waals surface area contributed by atoms with Gasteiger partial charge in [-0.05, 0) is 48.9 Å². The van der Waals surface area contributed by atoms with Crippen LogP contribution >= 0.6 is 27.7 Å². The maximum Gasteiger partial charge on any atom is 0.307 e. The maximum absolute atomic E-state index is 12.9. The van der Waals surface area contributed by atoms with Gasteiger partial charge in [0.15, 0.2) is 0 Å². The summed E-state index contributed by atoms with van der Waals surface area (Å²) in [5.41, 5.74) is 1.24. The van der Waals surface area contributed by atoms with E-state index in [4.69, 9.17) is 4.74 Å². The van der Waals surface area contributed by atoms with E-state index < -0.39 is 17.3 Å². The fourth-order valence-corrected chi connectivity index (χ4v) is 3.63. The molecule has 0 heterocycles. The lowest BCUT2D eigenvalue weighted by molar-refractivity contribution is -0.141. The summed E-state index contributed by atoms with van der Waals surface area (Å²) < 4.78 is 18.5. The van der Waals surface area contributed by atoms with Crippen molar-refractivity contribution < 1.29 is 23.5 Å². The summed E-state index contributed by atoms with van der Waals surface area (Å²) in [4.78, 5) is 36.5. The quantitative estimate of drug-likeness (QED) is 0.511. The first kappa shape index (κ1) is 23.9. The minimum Gasteiger partial charge on any atom is -0.469 e. The van der Waals surface area contributed by atoms with Crippen molar-refractivity contribution in [3.05, 3.63) is 64.4 Å². The molecule has 0 saturated carbocycles. The second-order valence-corrected chi connectivity index (χ2v) is 8.65. The molecular weight excluding hydrogens is 475 g/mol. The van der Waals surface area contributed by atoms with Gasteiger partial charge in [0.2, 0.25) is 11.8 Å². The highest BCUT2D eigenvalue weighted by atomic mass is 79.9. The largest absolute Gasteiger partial charge is 0.469 e. The number of rotatable bonds is 9. The normalized spacial score (nSPS) is 12.5. The number of carbonyl (C=O) groups excluding carboxylic acids is 3. The van der Waals surface area contributed by atoms with E-state index in [1.165, 1.54) is 31.4 Å². The Morgan fingerprint density at radius 2 is 1.87 bits per heavy atom. The van der Waals surface area contributed by atoms with Crippen LogP contribution in [0.3, 0.4) is 0 Å². The molecular formula is C21H22BrFN2O4S. The van der Waals surface area contributed by atoms with E-state index >= 15 is 0 Å². The monoisotopic (exact) mass is 496 g/mol. The van der Waals surface area contributed by atoms with Gasteiger partial charge in [-0.3, -0.25) is 14.4 Å². The smallest absolute Gasteiger partial charge is 0.307 e. The van der Waals surface area contributed by atoms with Crippen LogP contribution in [0.1, 0.15) is 24.9 Å². The summed E-state index contributed by atoms with van der Waals surface area (Å²) in [7, 11) is 1.29. The summed E-state index contributed by atoms with van der Waals surface area (Å²) in [6.45, 7) is 1.68. The number of thioether (sulfide) groups is 1. The molecule has 160 valence electrons. The third-order valence-electron chi connectivity index (χ3n) is 4.13. The van der Waals surface area contributed by atoms with Gasteiger partial charge in [0, 0.05) is 10.2 Å². The number of anilines is 1. The Bertz CT molecular complexity index is 895. The van der Waals surface area contributed by atoms with E-state index in [2.05, 4.69) is 26.6 Å². The molecule has 2 aromatic carbocycles. The van der Waals surface area contributed by atoms with E-state index in [-0.39, 0.29) is 29.8 Å². The van der Waals surface area contributed by atoms with Gasteiger partial charge in [0.25, 0.3) is 0 Å². The van der Waals surface area contributed by atoms with E-state index in [0.717, 1.165) is 21.8 Å². The van der Waals surface area contributed by atoms with Gasteiger partial charge in [-0.2, -0.15) is 0 Å². The van der Waals surface area contributed by atoms with Crippen LogP contribution in [-0.2, 0) is 19.1 Å². The van der Waals surface area contributed by atoms with E-state index in [9.17, 15) is 18.8 Å². The number of hydrogen-bond acceptors (Lipinski definition) is 5. The SMILES string of the molecule is COC(=O)CC(NC(=O)C(C)SCC(=O)Nc1ccc(F)cc1)c1cccc(Br)c1. The number of nitrogens with one attached hydrogen (secondary N) is 2. The van der Waals surface area contributed by atoms with Crippen molar-refractivity contribution in [2.75, 3.05) is 18.2 Å². The van der Waals surface area contributed by atoms with Gasteiger partial charge in [0.05, 0.1) is 30.6 Å². The number of carbonyl (C=O) groups is 3. The summed E-state index contributed by atoms with van der Waals surface area (Å²) in [6.07, 6.45) is -0.0128. The number of halogens is 2. The van der Waals surface area contributed by atoms with E-state index in [0.29, 0.717) is 5.69 Å². The molecule has 0 radical (unpaired) electrons. The first-order valence-electron chi connectivity index (χ1n) is 9.08. The molecule has 2 aromatic rings. The van der Waals surface area contributed by atoms with Crippen molar-refractivity contribution in [1.82, 2.24) is 5.32 Å². The topological polar surface area (TPSA) is 84.5 Å². The molecule has 0 aliphatic carbocycles. The standard InChI is InChI=1S/C21H22BrFN2O4S/c1-13(30-12-19(26)24-17-8-6-16(23)7-9-17)21(28)25-18(11-20(27)29-2)14-4-3-5-15(22)10-14/h3-10,13,18H,11-12H2,1-2H3,(H,24,26)(H,25,28). The first-order valence-corrected chi connectivity index (χ1v) is 10.9. The minimum atomic E-state index is -0.557. The second-order valence-electron chi connectivity index (χ2n) is 6.40. The number of methoxy groups -OCH3 is 1. The molecule has 0 aliphatic heterocycles. The summed E-state index contributed by atoms with van der Waals surface area (Å²) in [6, 6.07) is 12.2. The predicted octanol–water partition coefficient (Wildman–Crippen LogP) is 4.07. The lowest BCUT2D eigenvalue weighted by Crippen LogP contribution is -2.36. The zero-order valence-electron chi connectivity index (χ0n) is 16.5. The third-order valence-corrected chi connectivity index (χ3v) is 5.76. The van der Waals surface area contributed by atoms with Crippen LogP contribution in [0.5, 0.6) is 0 Å². The molecule has 0 bridgehead atoms. The van der Waals surface area contributed by atoms with Crippen molar-refractivity contribution in [3.8, 4) is 0 Å². The average molecular weight is 497 g/mol. The molecule has 0 fully saturated rings. The molecule has 0 aliphatic rings. The molecule has 30 heavy (non-hydrogen) atoms. The van der Waals surface area contributed by atoms with Crippen molar-refractivity contribution >= 4 is 51.2 Å². The summed E-state index contributed by atoms with van der Waals surface area (Å²) >= 11 is 4.54. The number of benzene rings is 2. The Morgan fingerprint density at radius 1 is 1.17 bits per heavy atom. The molecule has 0 aromatic heterocycles. The fourth-order valence-electron chi connectivity index (χ4n) is 2.52. The van der Waals surface area contributed by atoms with Gasteiger partial charge < -0.3 is 15.4 Å². The van der Waals surface area contributed by atoms with Crippen molar-refractivity contribution in [3.63, 3.8) is 0 Å². The van der Waals surface area contributed by atoms with E-state index in [1.54, 1.807) is 6.92 Å². The minimum absolute atomic E-state index is 0.0128. The van der Waals surface area contributed by atoms with Crippen molar-refractivity contribution in [1.29, 1.82) is 0 Å². The molecule has 2 N–H and O–H groups in total. The van der Waals surface area contributed by atoms with Crippen molar-refractivity contribution in [2.45, 2.75) is 24.6 Å². The van der Waals surface area contributed by atoms with Crippen LogP contribution in [0.15, 0.2) is 53.0 Å². The van der Waals surface area contributed by atoms with Gasteiger partial charge in [0.1, 0.15) is 5.82 Å². The van der Waals surface area contributed by atoms with Crippen LogP contribution in [-0.4, -0.2) is 35.9 Å². The number of esters is 1. The zero-order valence-corrected chi connectivity index (χ0v) is 18.9. The molecule has 2 amide bonds. The highest BCUT2D eigenvalue weighted by Gasteiger charge is 2.23. The Balaban J connectivity index is 1.92. The first-order chi connectivity index (χ1) is 14.3. The average Bonchev–Trinajstić information content (AvgIpc) is 2.73. The number of amides is 2. The molecule has 9 heteroatoms. The molecule has 0 spiro atoms. The van der Waals surface area contributed by atoms with Crippen LogP contribution in [0.25, 0.3) is 0 Å². The molecule has 0 saturated heterocycles. The molecule has 2 unspecified atom stereocenters. The lowest BCUT2D eigenvalue weighted by atomic mass is 10.0. The molecule has 6 nitrogen and oxygen atoms in total. The van der Waals surface area contributed by atoms with Gasteiger partial charge >= 0.3 is 5.97 Å². The third kappa shape index (κ3) is 7.79. The highest BCUT2D eigenvalue weighted by molar-refractivity contribution is 9.10. The Morgan fingerprint density at radius 3 is 2.50 bits per heavy atom. The van der Waals surface area contributed by atoms with Crippen LogP contribution < -0.4 is 10.6 Å². The fraction of sp³-hybridized carbons (Fsp3) is 0.286. The Hall–Kier alpha value is -2.39. The molecule has 2 rings (SSSR count). The highest BCUT2D eigenvalue weighted by Crippen LogP contribution is 2.23. The zero-order chi connectivity index (χ0) is 22.1. The second kappa shape index (κ2) is 11.7. The molecule has 2 atom stereocenters. The van der Waals surface area contributed by atoms with Gasteiger partial charge in [-0.25, -0.2) is 4.39 Å². The Labute approximate surface area is 187 Å². The van der Waals surface area contributed by atoms with Crippen molar-refractivity contribution in [2.24, 2.45) is 0 Å². The number of ether oxygens (including phenoxy) is 1. The van der Waals surface area contributed by atoms with Gasteiger partial charge in [-0.15, -0.1) is 11.8 Å². The van der Waals surface area contributed by atoms with E-state index in [1.807, 2.05) is 24.3 Å².